The molecule has 2 aliphatic rings. The molecule has 18 heavy (non-hydrogen) atoms. The Morgan fingerprint density at radius 1 is 1.17 bits per heavy atom. The van der Waals surface area contributed by atoms with Crippen molar-refractivity contribution in [1.82, 2.24) is 0 Å². The quantitative estimate of drug-likeness (QED) is 0.729. The first-order valence-corrected chi connectivity index (χ1v) is 7.31. The van der Waals surface area contributed by atoms with E-state index in [-0.39, 0.29) is 18.3 Å². The third-order valence-corrected chi connectivity index (χ3v) is 5.33. The fraction of sp³-hybridized carbons (Fsp3) is 0.692. The Labute approximate surface area is 113 Å². The summed E-state index contributed by atoms with van der Waals surface area (Å²) in [5, 5.41) is 2.18. The number of rotatable bonds is 1. The van der Waals surface area contributed by atoms with E-state index in [1.54, 1.807) is 11.3 Å². The maximum Gasteiger partial charge on any atom is 0.505 e. The summed E-state index contributed by atoms with van der Waals surface area (Å²) in [4.78, 5) is 0. The van der Waals surface area contributed by atoms with Gasteiger partial charge in [0.25, 0.3) is 0 Å². The second kappa shape index (κ2) is 4.07. The zero-order valence-corrected chi connectivity index (χ0v) is 12.2. The van der Waals surface area contributed by atoms with Crippen LogP contribution in [0.2, 0.25) is 0 Å². The van der Waals surface area contributed by atoms with Crippen molar-refractivity contribution in [2.24, 2.45) is 0 Å². The van der Waals surface area contributed by atoms with Crippen molar-refractivity contribution in [2.75, 3.05) is 6.61 Å². The summed E-state index contributed by atoms with van der Waals surface area (Å²) in [6, 6.07) is 0. The van der Waals surface area contributed by atoms with E-state index in [9.17, 15) is 0 Å². The van der Waals surface area contributed by atoms with Gasteiger partial charge in [-0.25, -0.2) is 0 Å². The summed E-state index contributed by atoms with van der Waals surface area (Å²) in [6.07, 6.45) is 0.970. The molecule has 0 N–H and O–H groups in total. The molecule has 0 unspecified atom stereocenters. The Balaban J connectivity index is 1.91. The highest BCUT2D eigenvalue weighted by molar-refractivity contribution is 7.21. The van der Waals surface area contributed by atoms with Crippen molar-refractivity contribution >= 4 is 23.2 Å². The first-order chi connectivity index (χ1) is 8.41. The fourth-order valence-corrected chi connectivity index (χ4v) is 3.41. The van der Waals surface area contributed by atoms with Crippen LogP contribution in [0.4, 0.5) is 0 Å². The molecule has 1 aromatic heterocycles. The van der Waals surface area contributed by atoms with Crippen LogP contribution >= 0.6 is 11.3 Å². The highest BCUT2D eigenvalue weighted by Crippen LogP contribution is 2.37. The number of fused-ring (bicyclic) bond motifs is 1. The van der Waals surface area contributed by atoms with E-state index in [4.69, 9.17) is 14.0 Å². The predicted molar refractivity (Wildman–Crippen MR) is 73.4 cm³/mol. The SMILES string of the molecule is CC1(C)OB(c2scc3c2CCOC3)OC1(C)C. The largest absolute Gasteiger partial charge is 0.505 e. The van der Waals surface area contributed by atoms with Crippen LogP contribution in [0.15, 0.2) is 5.38 Å². The van der Waals surface area contributed by atoms with E-state index in [0.717, 1.165) is 19.6 Å². The molecule has 0 amide bonds. The Bertz CT molecular complexity index is 451. The van der Waals surface area contributed by atoms with Crippen LogP contribution in [-0.2, 0) is 27.1 Å². The lowest BCUT2D eigenvalue weighted by Gasteiger charge is -2.32. The molecule has 0 atom stereocenters. The highest BCUT2D eigenvalue weighted by Gasteiger charge is 2.52. The first-order valence-electron chi connectivity index (χ1n) is 6.43. The van der Waals surface area contributed by atoms with Gasteiger partial charge in [0.05, 0.1) is 24.4 Å². The molecule has 3 heterocycles. The Morgan fingerprint density at radius 2 is 1.83 bits per heavy atom. The molecule has 0 saturated carbocycles. The molecule has 1 aromatic rings. The molecule has 0 aliphatic carbocycles. The van der Waals surface area contributed by atoms with Crippen LogP contribution in [0.1, 0.15) is 38.8 Å². The van der Waals surface area contributed by atoms with Crippen molar-refractivity contribution in [1.29, 1.82) is 0 Å². The summed E-state index contributed by atoms with van der Waals surface area (Å²) >= 11 is 1.73. The lowest BCUT2D eigenvalue weighted by molar-refractivity contribution is 0.00578. The summed E-state index contributed by atoms with van der Waals surface area (Å²) in [5.41, 5.74) is 2.15. The minimum atomic E-state index is -0.264. The fourth-order valence-electron chi connectivity index (χ4n) is 2.34. The van der Waals surface area contributed by atoms with Gasteiger partial charge in [-0.05, 0) is 50.6 Å². The van der Waals surface area contributed by atoms with Crippen LogP contribution in [0.3, 0.4) is 0 Å². The monoisotopic (exact) mass is 266 g/mol. The highest BCUT2D eigenvalue weighted by atomic mass is 32.1. The molecule has 0 aromatic carbocycles. The molecule has 0 bridgehead atoms. The molecular weight excluding hydrogens is 247 g/mol. The molecule has 1 saturated heterocycles. The van der Waals surface area contributed by atoms with Gasteiger partial charge in [-0.3, -0.25) is 0 Å². The smallest absolute Gasteiger partial charge is 0.399 e. The zero-order chi connectivity index (χ0) is 13.0. The topological polar surface area (TPSA) is 27.7 Å². The standard InChI is InChI=1S/C13H19BO3S/c1-12(2)13(3,4)17-14(16-12)11-10-5-6-15-7-9(10)8-18-11/h8H,5-7H2,1-4H3. The van der Waals surface area contributed by atoms with Crippen molar-refractivity contribution < 1.29 is 14.0 Å². The summed E-state index contributed by atoms with van der Waals surface area (Å²) in [6.45, 7) is 9.90. The van der Waals surface area contributed by atoms with Gasteiger partial charge < -0.3 is 14.0 Å². The number of thiophene rings is 1. The Hall–Kier alpha value is -0.355. The normalized spacial score (nSPS) is 25.2. The van der Waals surface area contributed by atoms with Crippen LogP contribution in [0.5, 0.6) is 0 Å². The lowest BCUT2D eigenvalue weighted by Crippen LogP contribution is -2.41. The van der Waals surface area contributed by atoms with Gasteiger partial charge in [-0.2, -0.15) is 11.3 Å². The number of ether oxygens (including phenoxy) is 1. The minimum absolute atomic E-state index is 0.221. The van der Waals surface area contributed by atoms with Crippen LogP contribution in [-0.4, -0.2) is 24.9 Å². The van der Waals surface area contributed by atoms with E-state index in [1.807, 2.05) is 0 Å². The first kappa shape index (κ1) is 12.7. The van der Waals surface area contributed by atoms with Gasteiger partial charge in [0.15, 0.2) is 0 Å². The van der Waals surface area contributed by atoms with Crippen LogP contribution in [0, 0.1) is 0 Å². The van der Waals surface area contributed by atoms with Crippen molar-refractivity contribution in [3.8, 4) is 0 Å². The Morgan fingerprint density at radius 3 is 2.50 bits per heavy atom. The van der Waals surface area contributed by atoms with E-state index < -0.39 is 0 Å². The molecule has 1 fully saturated rings. The maximum absolute atomic E-state index is 6.12. The van der Waals surface area contributed by atoms with E-state index >= 15 is 0 Å². The summed E-state index contributed by atoms with van der Waals surface area (Å²) in [5.74, 6) is 0. The van der Waals surface area contributed by atoms with Gasteiger partial charge in [0.1, 0.15) is 0 Å². The van der Waals surface area contributed by atoms with E-state index in [0.29, 0.717) is 0 Å². The third kappa shape index (κ3) is 1.85. The van der Waals surface area contributed by atoms with Gasteiger partial charge in [0.2, 0.25) is 0 Å². The molecular formula is C13H19BO3S. The molecule has 0 radical (unpaired) electrons. The minimum Gasteiger partial charge on any atom is -0.399 e. The van der Waals surface area contributed by atoms with Crippen molar-refractivity contribution in [3.05, 3.63) is 16.5 Å². The van der Waals surface area contributed by atoms with Crippen molar-refractivity contribution in [2.45, 2.75) is 51.9 Å². The summed E-state index contributed by atoms with van der Waals surface area (Å²) in [7, 11) is -0.221. The van der Waals surface area contributed by atoms with Gasteiger partial charge in [-0.1, -0.05) is 0 Å². The van der Waals surface area contributed by atoms with Crippen LogP contribution in [0.25, 0.3) is 0 Å². The average molecular weight is 266 g/mol. The molecule has 5 heteroatoms. The van der Waals surface area contributed by atoms with Crippen molar-refractivity contribution in [3.63, 3.8) is 0 Å². The molecule has 3 nitrogen and oxygen atoms in total. The number of hydrogen-bond donors (Lipinski definition) is 0. The second-order valence-corrected chi connectivity index (χ2v) is 6.91. The van der Waals surface area contributed by atoms with Gasteiger partial charge in [-0.15, -0.1) is 0 Å². The van der Waals surface area contributed by atoms with Gasteiger partial charge in [0, 0.05) is 4.78 Å². The van der Waals surface area contributed by atoms with E-state index in [1.165, 1.54) is 15.9 Å². The third-order valence-electron chi connectivity index (χ3n) is 4.23. The average Bonchev–Trinajstić information content (AvgIpc) is 2.78. The van der Waals surface area contributed by atoms with Gasteiger partial charge >= 0.3 is 7.12 Å². The maximum atomic E-state index is 6.12. The van der Waals surface area contributed by atoms with E-state index in [2.05, 4.69) is 33.1 Å². The predicted octanol–water partition coefficient (Wildman–Crippen LogP) is 2.12. The second-order valence-electron chi connectivity index (χ2n) is 5.99. The van der Waals surface area contributed by atoms with Crippen LogP contribution < -0.4 is 4.78 Å². The molecule has 0 spiro atoms. The zero-order valence-electron chi connectivity index (χ0n) is 11.4. The molecule has 98 valence electrons. The summed E-state index contributed by atoms with van der Waals surface area (Å²) < 4.78 is 19.0. The lowest BCUT2D eigenvalue weighted by atomic mass is 9.82. The molecule has 2 aliphatic heterocycles. The Kier molecular flexibility index (Phi) is 2.86. The molecule has 3 rings (SSSR count). The number of hydrogen-bond acceptors (Lipinski definition) is 4.